The number of nitrogens with zero attached hydrogens (tertiary/aromatic N) is 2. The van der Waals surface area contributed by atoms with Crippen LogP contribution >= 0.6 is 11.7 Å². The second kappa shape index (κ2) is 11.6. The van der Waals surface area contributed by atoms with Gasteiger partial charge >= 0.3 is 29.6 Å². The largest absolute Gasteiger partial charge is 1.00 e. The number of hydrogen-bond donors (Lipinski definition) is 0. The Morgan fingerprint density at radius 1 is 0.857 bits per heavy atom. The van der Waals surface area contributed by atoms with Crippen molar-refractivity contribution >= 4 is 40.1 Å². The molecule has 0 radical (unpaired) electrons. The van der Waals surface area contributed by atoms with Crippen LogP contribution in [-0.4, -0.2) is 34.7 Å². The normalized spacial score (nSPS) is 11.4. The van der Waals surface area contributed by atoms with Gasteiger partial charge in [0, 0.05) is 23.1 Å². The van der Waals surface area contributed by atoms with Crippen molar-refractivity contribution < 1.29 is 53.7 Å². The first kappa shape index (κ1) is 26.6. The summed E-state index contributed by atoms with van der Waals surface area (Å²) in [5.74, 6) is -1.06. The molecule has 0 saturated carbocycles. The fourth-order valence-corrected chi connectivity index (χ4v) is 4.21. The van der Waals surface area contributed by atoms with Gasteiger partial charge in [-0.15, -0.1) is 0 Å². The summed E-state index contributed by atoms with van der Waals surface area (Å²) in [5.41, 5.74) is 3.57. The number of carboxylic acids is 1. The predicted octanol–water partition coefficient (Wildman–Crippen LogP) is 0.650. The number of carbonyl (C=O) groups is 2. The monoisotopic (exact) mass is 496 g/mol. The average molecular weight is 497 g/mol. The molecule has 4 aromatic rings. The number of allylic oxidation sites excluding steroid dienone is 1. The van der Waals surface area contributed by atoms with E-state index < -0.39 is 11.8 Å². The number of hydrogen-bond acceptors (Lipinski definition) is 8. The molecule has 0 spiro atoms. The zero-order valence-electron chi connectivity index (χ0n) is 19.8. The predicted molar refractivity (Wildman–Crippen MR) is 128 cm³/mol. The molecule has 172 valence electrons. The van der Waals surface area contributed by atoms with Gasteiger partial charge in [0.05, 0.1) is 31.9 Å². The molecule has 0 aliphatic rings. The van der Waals surface area contributed by atoms with Gasteiger partial charge in [0.15, 0.2) is 17.3 Å². The first-order valence-corrected chi connectivity index (χ1v) is 11.1. The van der Waals surface area contributed by atoms with Crippen LogP contribution in [0.2, 0.25) is 0 Å². The molecular formula is C26H21N2NaO5S. The maximum atomic E-state index is 13.7. The van der Waals surface area contributed by atoms with Crippen molar-refractivity contribution in [3.05, 3.63) is 88.5 Å². The summed E-state index contributed by atoms with van der Waals surface area (Å²) in [6.45, 7) is 1.96. The molecule has 1 aromatic heterocycles. The Morgan fingerprint density at radius 3 is 2.17 bits per heavy atom. The Balaban J connectivity index is 0.00000342. The summed E-state index contributed by atoms with van der Waals surface area (Å²) >= 11 is 1.03. The zero-order valence-corrected chi connectivity index (χ0v) is 22.6. The van der Waals surface area contributed by atoms with Crippen LogP contribution in [0.3, 0.4) is 0 Å². The molecule has 0 saturated heterocycles. The second-order valence-electron chi connectivity index (χ2n) is 7.67. The molecule has 1 heterocycles. The van der Waals surface area contributed by atoms with Crippen molar-refractivity contribution in [3.63, 3.8) is 0 Å². The van der Waals surface area contributed by atoms with Gasteiger partial charge in [-0.3, -0.25) is 4.79 Å². The van der Waals surface area contributed by atoms with Crippen LogP contribution in [0.1, 0.15) is 27.0 Å². The van der Waals surface area contributed by atoms with E-state index in [9.17, 15) is 14.7 Å². The maximum absolute atomic E-state index is 13.7. The summed E-state index contributed by atoms with van der Waals surface area (Å²) in [4.78, 5) is 26.2. The number of ketones is 1. The SMILES string of the molecule is COc1ccc(C(=O)/C(Cc2ccc(C)cc2)=C(/C(=O)[O-])c2ccc3nsnc3c2)cc1OC.[Na+]. The van der Waals surface area contributed by atoms with Crippen molar-refractivity contribution in [2.45, 2.75) is 13.3 Å². The number of rotatable bonds is 8. The van der Waals surface area contributed by atoms with Gasteiger partial charge < -0.3 is 19.4 Å². The van der Waals surface area contributed by atoms with Crippen LogP contribution < -0.4 is 44.1 Å². The van der Waals surface area contributed by atoms with Gasteiger partial charge in [-0.2, -0.15) is 8.75 Å². The van der Waals surface area contributed by atoms with Gasteiger partial charge in [-0.25, -0.2) is 0 Å². The zero-order chi connectivity index (χ0) is 24.2. The van der Waals surface area contributed by atoms with Crippen LogP contribution in [0.5, 0.6) is 11.5 Å². The van der Waals surface area contributed by atoms with Gasteiger partial charge in [0.25, 0.3) is 0 Å². The molecule has 4 rings (SSSR count). The molecule has 0 bridgehead atoms. The molecular weight excluding hydrogens is 475 g/mol. The van der Waals surface area contributed by atoms with E-state index in [1.807, 2.05) is 31.2 Å². The van der Waals surface area contributed by atoms with E-state index in [4.69, 9.17) is 9.47 Å². The van der Waals surface area contributed by atoms with Crippen molar-refractivity contribution in [2.75, 3.05) is 14.2 Å². The molecule has 0 aliphatic heterocycles. The third-order valence-electron chi connectivity index (χ3n) is 5.47. The van der Waals surface area contributed by atoms with Gasteiger partial charge in [-0.05, 0) is 48.4 Å². The number of carbonyl (C=O) groups excluding carboxylic acids is 2. The van der Waals surface area contributed by atoms with Crippen LogP contribution in [0.15, 0.2) is 66.2 Å². The number of aromatic nitrogens is 2. The quantitative estimate of drug-likeness (QED) is 0.201. The summed E-state index contributed by atoms with van der Waals surface area (Å²) in [7, 11) is 2.97. The number of carboxylic acid groups (broad SMARTS) is 1. The smallest absolute Gasteiger partial charge is 0.545 e. The topological polar surface area (TPSA) is 101 Å². The number of Topliss-reactive ketones (excluding diaryl/α,β-unsaturated/α-hetero) is 1. The minimum Gasteiger partial charge on any atom is -0.545 e. The van der Waals surface area contributed by atoms with Crippen LogP contribution in [0, 0.1) is 6.92 Å². The van der Waals surface area contributed by atoms with Gasteiger partial charge in [0.2, 0.25) is 0 Å². The molecule has 35 heavy (non-hydrogen) atoms. The molecule has 0 N–H and O–H groups in total. The van der Waals surface area contributed by atoms with Crippen LogP contribution in [0.25, 0.3) is 16.6 Å². The number of benzene rings is 3. The number of fused-ring (bicyclic) bond motifs is 1. The third kappa shape index (κ3) is 5.79. The first-order valence-electron chi connectivity index (χ1n) is 10.4. The maximum Gasteiger partial charge on any atom is 1.00 e. The molecule has 0 atom stereocenters. The fourth-order valence-electron chi connectivity index (χ4n) is 3.70. The Morgan fingerprint density at radius 2 is 1.51 bits per heavy atom. The van der Waals surface area contributed by atoms with Crippen LogP contribution in [-0.2, 0) is 11.2 Å². The van der Waals surface area contributed by atoms with E-state index in [1.54, 1.807) is 30.3 Å². The molecule has 7 nitrogen and oxygen atoms in total. The second-order valence-corrected chi connectivity index (χ2v) is 8.20. The minimum absolute atomic E-state index is 0. The van der Waals surface area contributed by atoms with Crippen molar-refractivity contribution in [3.8, 4) is 11.5 Å². The van der Waals surface area contributed by atoms with Gasteiger partial charge in [0.1, 0.15) is 11.0 Å². The Kier molecular flexibility index (Phi) is 8.80. The third-order valence-corrected chi connectivity index (χ3v) is 6.03. The molecule has 9 heteroatoms. The van der Waals surface area contributed by atoms with E-state index in [1.165, 1.54) is 20.3 Å². The number of aryl methyl sites for hydroxylation is 1. The van der Waals surface area contributed by atoms with E-state index >= 15 is 0 Å². The number of aliphatic carboxylic acids is 1. The summed E-state index contributed by atoms with van der Waals surface area (Å²) in [6, 6.07) is 17.2. The van der Waals surface area contributed by atoms with Gasteiger partial charge in [-0.1, -0.05) is 35.9 Å². The Hall–Kier alpha value is -3.04. The van der Waals surface area contributed by atoms with Crippen molar-refractivity contribution in [1.29, 1.82) is 0 Å². The Bertz CT molecular complexity index is 1410. The molecule has 0 aliphatic carbocycles. The number of methoxy groups -OCH3 is 2. The minimum atomic E-state index is -1.45. The van der Waals surface area contributed by atoms with E-state index in [2.05, 4.69) is 8.75 Å². The first-order chi connectivity index (χ1) is 16.4. The van der Waals surface area contributed by atoms with E-state index in [-0.39, 0.29) is 52.7 Å². The Labute approximate surface area is 229 Å². The van der Waals surface area contributed by atoms with E-state index in [0.717, 1.165) is 22.9 Å². The van der Waals surface area contributed by atoms with Crippen molar-refractivity contribution in [1.82, 2.24) is 8.75 Å². The fraction of sp³-hybridized carbons (Fsp3) is 0.154. The van der Waals surface area contributed by atoms with Crippen LogP contribution in [0.4, 0.5) is 0 Å². The summed E-state index contributed by atoms with van der Waals surface area (Å²) in [6.07, 6.45) is 0.101. The molecule has 0 fully saturated rings. The standard InChI is InChI=1S/C26H22N2O5S.Na/c1-15-4-6-16(7-5-15)12-19(25(29)18-9-11-22(32-2)23(14-18)33-3)24(26(30)31)17-8-10-20-21(13-17)28-34-27-20;/h4-11,13-14H,12H2,1-3H3,(H,30,31);/q;+1/p-1/b24-19+;. The average Bonchev–Trinajstić information content (AvgIpc) is 3.32. The molecule has 3 aromatic carbocycles. The molecule has 0 unspecified atom stereocenters. The van der Waals surface area contributed by atoms with Crippen molar-refractivity contribution in [2.24, 2.45) is 0 Å². The summed E-state index contributed by atoms with van der Waals surface area (Å²) in [5, 5.41) is 12.4. The van der Waals surface area contributed by atoms with E-state index in [0.29, 0.717) is 28.1 Å². The summed E-state index contributed by atoms with van der Waals surface area (Å²) < 4.78 is 19.0. The number of ether oxygens (including phenoxy) is 2. The molecule has 0 amide bonds.